The van der Waals surface area contributed by atoms with Crippen LogP contribution in [0.2, 0.25) is 5.02 Å². The number of benzene rings is 1. The first-order valence-corrected chi connectivity index (χ1v) is 11.8. The van der Waals surface area contributed by atoms with Crippen molar-refractivity contribution < 1.29 is 18.3 Å². The molecule has 3 aliphatic rings. The molecule has 2 aliphatic heterocycles. The Hall–Kier alpha value is -3.53. The highest BCUT2D eigenvalue weighted by Gasteiger charge is 2.43. The van der Waals surface area contributed by atoms with Crippen LogP contribution in [-0.2, 0) is 4.79 Å². The lowest BCUT2D eigenvalue weighted by molar-refractivity contribution is -0.104. The smallest absolute Gasteiger partial charge is 0.169 e. The maximum atomic E-state index is 15.1. The van der Waals surface area contributed by atoms with Gasteiger partial charge in [0.1, 0.15) is 28.9 Å². The van der Waals surface area contributed by atoms with Crippen LogP contribution in [0.5, 0.6) is 5.75 Å². The minimum atomic E-state index is -0.667. The Morgan fingerprint density at radius 1 is 1.17 bits per heavy atom. The Labute approximate surface area is 204 Å². The molecule has 35 heavy (non-hydrogen) atoms. The van der Waals surface area contributed by atoms with Gasteiger partial charge in [-0.2, -0.15) is 0 Å². The van der Waals surface area contributed by atoms with Crippen molar-refractivity contribution in [2.45, 2.75) is 37.5 Å². The summed E-state index contributed by atoms with van der Waals surface area (Å²) in [4.78, 5) is 27.6. The molecule has 3 aromatic rings. The third-order valence-electron chi connectivity index (χ3n) is 6.57. The summed E-state index contributed by atoms with van der Waals surface area (Å²) in [5, 5.41) is 2.82. The van der Waals surface area contributed by atoms with Gasteiger partial charge in [0, 0.05) is 31.4 Å². The highest BCUT2D eigenvalue weighted by Crippen LogP contribution is 2.39. The number of nitrogens with one attached hydrogen (secondary N) is 1. The summed E-state index contributed by atoms with van der Waals surface area (Å²) in [6.07, 6.45) is 8.04. The monoisotopic (exact) mass is 498 g/mol. The highest BCUT2D eigenvalue weighted by molar-refractivity contribution is 6.32. The standard InChI is InChI=1S/C24H21ClF2N6O2/c25-20-19(35-15-2-3-15)5-4-17(21(20)27)30-23-22-18(28-12-29-23)9-16(26)24(31-22)33-11-13-8-14(33)10-32(13)6-1-7-34/h1,4-7,9,12-15H,2-3,8,10-11H2,(H,28,29,30)/b6-1+/t13-,14-/m0/s1. The van der Waals surface area contributed by atoms with E-state index in [9.17, 15) is 9.18 Å². The molecule has 2 atom stereocenters. The number of nitrogens with zero attached hydrogens (tertiary/aromatic N) is 5. The van der Waals surface area contributed by atoms with Gasteiger partial charge in [-0.1, -0.05) is 11.6 Å². The van der Waals surface area contributed by atoms with Gasteiger partial charge in [-0.3, -0.25) is 4.79 Å². The Balaban J connectivity index is 1.30. The number of hydrogen-bond donors (Lipinski definition) is 1. The third-order valence-corrected chi connectivity index (χ3v) is 6.93. The fourth-order valence-corrected chi connectivity index (χ4v) is 4.95. The first-order chi connectivity index (χ1) is 17.0. The zero-order valence-corrected chi connectivity index (χ0v) is 19.3. The minimum Gasteiger partial charge on any atom is -0.489 e. The largest absolute Gasteiger partial charge is 0.489 e. The van der Waals surface area contributed by atoms with Gasteiger partial charge in [0.2, 0.25) is 0 Å². The van der Waals surface area contributed by atoms with E-state index in [4.69, 9.17) is 16.3 Å². The van der Waals surface area contributed by atoms with Crippen LogP contribution in [0.3, 0.4) is 0 Å². The SMILES string of the molecule is O=C/C=C/N1C[C@@H]2C[C@H]1CN2c1nc2c(Nc3ccc(OC4CC4)c(Cl)c3F)ncnc2cc1F. The number of halogens is 3. The fourth-order valence-electron chi connectivity index (χ4n) is 4.74. The molecule has 3 fully saturated rings. The van der Waals surface area contributed by atoms with Gasteiger partial charge in [-0.25, -0.2) is 23.7 Å². The predicted octanol–water partition coefficient (Wildman–Crippen LogP) is 4.22. The molecule has 0 amide bonds. The molecule has 2 aromatic heterocycles. The topological polar surface area (TPSA) is 83.5 Å². The van der Waals surface area contributed by atoms with Gasteiger partial charge in [0.05, 0.1) is 23.3 Å². The van der Waals surface area contributed by atoms with E-state index in [1.807, 2.05) is 4.90 Å². The molecule has 4 heterocycles. The third kappa shape index (κ3) is 4.01. The molecule has 1 aliphatic carbocycles. The van der Waals surface area contributed by atoms with Gasteiger partial charge < -0.3 is 19.9 Å². The summed E-state index contributed by atoms with van der Waals surface area (Å²) < 4.78 is 35.7. The van der Waals surface area contributed by atoms with Crippen molar-refractivity contribution in [2.24, 2.45) is 0 Å². The van der Waals surface area contributed by atoms with Crippen LogP contribution in [0.25, 0.3) is 11.0 Å². The number of likely N-dealkylation sites (tertiary alicyclic amines) is 1. The Morgan fingerprint density at radius 2 is 2.03 bits per heavy atom. The van der Waals surface area contributed by atoms with Crippen LogP contribution in [-0.4, -0.2) is 57.4 Å². The number of rotatable bonds is 7. The lowest BCUT2D eigenvalue weighted by Crippen LogP contribution is -2.44. The summed E-state index contributed by atoms with van der Waals surface area (Å²) >= 11 is 6.19. The van der Waals surface area contributed by atoms with Crippen molar-refractivity contribution in [2.75, 3.05) is 23.3 Å². The van der Waals surface area contributed by atoms with Crippen molar-refractivity contribution in [3.8, 4) is 5.75 Å². The Kier molecular flexibility index (Phi) is 5.40. The van der Waals surface area contributed by atoms with E-state index in [0.29, 0.717) is 29.9 Å². The second-order valence-electron chi connectivity index (χ2n) is 8.94. The molecule has 0 spiro atoms. The van der Waals surface area contributed by atoms with E-state index in [2.05, 4.69) is 25.2 Å². The molecule has 1 N–H and O–H groups in total. The van der Waals surface area contributed by atoms with E-state index in [1.165, 1.54) is 24.5 Å². The number of allylic oxidation sites excluding steroid dienone is 1. The molecule has 2 bridgehead atoms. The molecular weight excluding hydrogens is 478 g/mol. The number of piperazine rings is 1. The maximum absolute atomic E-state index is 15.1. The number of ether oxygens (including phenoxy) is 1. The van der Waals surface area contributed by atoms with Gasteiger partial charge in [0.15, 0.2) is 23.3 Å². The molecule has 2 saturated heterocycles. The van der Waals surface area contributed by atoms with Gasteiger partial charge in [-0.15, -0.1) is 0 Å². The van der Waals surface area contributed by atoms with Crippen LogP contribution >= 0.6 is 11.6 Å². The molecule has 11 heteroatoms. The van der Waals surface area contributed by atoms with Crippen molar-refractivity contribution in [1.82, 2.24) is 19.9 Å². The van der Waals surface area contributed by atoms with Crippen molar-refractivity contribution >= 4 is 46.2 Å². The number of carbonyl (C=O) groups is 1. The molecule has 8 nitrogen and oxygen atoms in total. The molecule has 6 rings (SSSR count). The second kappa shape index (κ2) is 8.60. The average Bonchev–Trinajstić information content (AvgIpc) is 3.46. The number of hydrogen-bond acceptors (Lipinski definition) is 8. The normalized spacial score (nSPS) is 21.3. The first-order valence-electron chi connectivity index (χ1n) is 11.4. The predicted molar refractivity (Wildman–Crippen MR) is 127 cm³/mol. The lowest BCUT2D eigenvalue weighted by Gasteiger charge is -2.34. The van der Waals surface area contributed by atoms with Crippen LogP contribution in [0.1, 0.15) is 19.3 Å². The van der Waals surface area contributed by atoms with Crippen molar-refractivity contribution in [3.63, 3.8) is 0 Å². The van der Waals surface area contributed by atoms with Crippen molar-refractivity contribution in [3.05, 3.63) is 53.5 Å². The minimum absolute atomic E-state index is 0.0621. The fraction of sp³-hybridized carbons (Fsp3) is 0.333. The summed E-state index contributed by atoms with van der Waals surface area (Å²) in [6.45, 7) is 1.25. The molecule has 180 valence electrons. The van der Waals surface area contributed by atoms with Crippen LogP contribution < -0.4 is 15.0 Å². The molecule has 1 aromatic carbocycles. The van der Waals surface area contributed by atoms with E-state index in [1.54, 1.807) is 12.3 Å². The van der Waals surface area contributed by atoms with E-state index >= 15 is 4.39 Å². The number of aldehydes is 1. The Morgan fingerprint density at radius 3 is 2.77 bits per heavy atom. The number of aromatic nitrogens is 3. The van der Waals surface area contributed by atoms with Gasteiger partial charge >= 0.3 is 0 Å². The number of pyridine rings is 1. The van der Waals surface area contributed by atoms with Gasteiger partial charge in [0.25, 0.3) is 0 Å². The molecule has 0 unspecified atom stereocenters. The number of fused-ring (bicyclic) bond motifs is 3. The number of carbonyl (C=O) groups excluding carboxylic acids is 1. The average molecular weight is 499 g/mol. The molecular formula is C24H21ClF2N6O2. The van der Waals surface area contributed by atoms with E-state index in [0.717, 1.165) is 25.5 Å². The molecule has 0 radical (unpaired) electrons. The highest BCUT2D eigenvalue weighted by atomic mass is 35.5. The van der Waals surface area contributed by atoms with Crippen molar-refractivity contribution in [1.29, 1.82) is 0 Å². The quantitative estimate of drug-likeness (QED) is 0.383. The number of anilines is 3. The summed E-state index contributed by atoms with van der Waals surface area (Å²) in [6, 6.07) is 4.69. The summed E-state index contributed by atoms with van der Waals surface area (Å²) in [5.41, 5.74) is 0.714. The first kappa shape index (κ1) is 22.0. The van der Waals surface area contributed by atoms with Crippen LogP contribution in [0, 0.1) is 11.6 Å². The van der Waals surface area contributed by atoms with E-state index < -0.39 is 11.6 Å². The molecule has 1 saturated carbocycles. The zero-order chi connectivity index (χ0) is 24.1. The van der Waals surface area contributed by atoms with Crippen LogP contribution in [0.15, 0.2) is 36.8 Å². The lowest BCUT2D eigenvalue weighted by atomic mass is 10.2. The van der Waals surface area contributed by atoms with Crippen LogP contribution in [0.4, 0.5) is 26.1 Å². The summed E-state index contributed by atoms with van der Waals surface area (Å²) in [7, 11) is 0. The van der Waals surface area contributed by atoms with E-state index in [-0.39, 0.29) is 40.5 Å². The Bertz CT molecular complexity index is 1350. The second-order valence-corrected chi connectivity index (χ2v) is 9.31. The zero-order valence-electron chi connectivity index (χ0n) is 18.5. The van der Waals surface area contributed by atoms with Gasteiger partial charge in [-0.05, 0) is 37.5 Å². The maximum Gasteiger partial charge on any atom is 0.169 e. The summed E-state index contributed by atoms with van der Waals surface area (Å²) in [5.74, 6) is -0.413.